The Kier molecular flexibility index (Phi) is 3.08. The average molecular weight is 115 g/mol. The predicted molar refractivity (Wildman–Crippen MR) is 34.3 cm³/mol. The topological polar surface area (TPSA) is 29.4 Å². The third-order valence-corrected chi connectivity index (χ3v) is 0.729. The molecule has 0 amide bonds. The summed E-state index contributed by atoms with van der Waals surface area (Å²) >= 11 is 0. The van der Waals surface area contributed by atoms with Crippen LogP contribution in [0.3, 0.4) is 0 Å². The summed E-state index contributed by atoms with van der Waals surface area (Å²) in [5.41, 5.74) is 0. The second-order valence-electron chi connectivity index (χ2n) is 1.39. The van der Waals surface area contributed by atoms with E-state index in [1.165, 1.54) is 0 Å². The maximum Gasteiger partial charge on any atom is 0.153 e. The average Bonchev–Trinajstić information content (AvgIpc) is 1.85. The molecule has 0 aromatic heterocycles. The summed E-state index contributed by atoms with van der Waals surface area (Å²) in [4.78, 5) is 14.3. The van der Waals surface area contributed by atoms with Gasteiger partial charge in [-0.2, -0.15) is 0 Å². The Morgan fingerprint density at radius 3 is 3.25 bits per heavy atom. The van der Waals surface area contributed by atoms with Crippen molar-refractivity contribution in [3.05, 3.63) is 0 Å². The molecular weight excluding hydrogens is 102 g/mol. The molecule has 0 heterocycles. The number of rotatable bonds is 3. The number of ketones is 1. The molecule has 0 fully saturated rings. The molecule has 0 aliphatic heterocycles. The molecule has 0 rings (SSSR count). The lowest BCUT2D eigenvalue weighted by molar-refractivity contribution is -0.117. The molecule has 0 unspecified atom stereocenters. The van der Waals surface area contributed by atoms with Crippen LogP contribution in [0.25, 0.3) is 0 Å². The highest BCUT2D eigenvalue weighted by Crippen LogP contribution is 1.79. The van der Waals surface area contributed by atoms with Gasteiger partial charge in [0.2, 0.25) is 0 Å². The van der Waals surface area contributed by atoms with E-state index >= 15 is 0 Å². The molecule has 0 saturated heterocycles. The van der Waals surface area contributed by atoms with Gasteiger partial charge in [-0.05, 0) is 13.1 Å². The van der Waals surface area contributed by atoms with Gasteiger partial charge in [0.05, 0.1) is 6.54 Å². The van der Waals surface area contributed by atoms with Crippen molar-refractivity contribution in [2.45, 2.75) is 20.2 Å². The third-order valence-electron chi connectivity index (χ3n) is 0.729. The maximum atomic E-state index is 10.6. The number of hydrogen-bond acceptors (Lipinski definition) is 2. The lowest BCUT2D eigenvalue weighted by Gasteiger charge is -1.85. The van der Waals surface area contributed by atoms with Crippen LogP contribution >= 0.6 is 0 Å². The summed E-state index contributed by atoms with van der Waals surface area (Å²) in [6.07, 6.45) is 1.93. The molecule has 0 spiro atoms. The maximum absolute atomic E-state index is 10.6. The monoisotopic (exact) mass is 115 g/mol. The minimum atomic E-state index is 0.0445. The van der Waals surface area contributed by atoms with E-state index in [0.717, 1.165) is 0 Å². The van der Waals surface area contributed by atoms with Gasteiger partial charge in [0.25, 0.3) is 0 Å². The van der Waals surface area contributed by atoms with E-state index in [-0.39, 0.29) is 19.2 Å². The second kappa shape index (κ2) is 4.50. The van der Waals surface area contributed by atoms with E-state index in [1.54, 1.807) is 13.1 Å². The van der Waals surface area contributed by atoms with Crippen molar-refractivity contribution in [2.75, 3.05) is 6.54 Å². The van der Waals surface area contributed by atoms with Crippen molar-refractivity contribution in [1.82, 2.24) is 0 Å². The van der Waals surface area contributed by atoms with E-state index in [4.69, 9.17) is 1.37 Å². The quantitative estimate of drug-likeness (QED) is 0.505. The zero-order chi connectivity index (χ0) is 7.11. The normalized spacial score (nSPS) is 11.9. The van der Waals surface area contributed by atoms with Gasteiger partial charge in [-0.3, -0.25) is 9.79 Å². The van der Waals surface area contributed by atoms with Gasteiger partial charge in [0, 0.05) is 7.79 Å². The molecule has 0 radical (unpaired) electrons. The summed E-state index contributed by atoms with van der Waals surface area (Å²) < 4.78 is 6.70. The number of hydrogen-bond donors (Lipinski definition) is 0. The summed E-state index contributed by atoms with van der Waals surface area (Å²) in [5, 5.41) is 0. The Bertz CT molecular complexity index is 112. The van der Waals surface area contributed by atoms with Gasteiger partial charge in [-0.25, -0.2) is 0 Å². The molecule has 0 aliphatic carbocycles. The zero-order valence-corrected chi connectivity index (χ0v) is 5.05. The van der Waals surface area contributed by atoms with E-state index in [9.17, 15) is 4.79 Å². The van der Waals surface area contributed by atoms with Gasteiger partial charge >= 0.3 is 0 Å². The van der Waals surface area contributed by atoms with Crippen LogP contribution in [0.2, 0.25) is 0 Å². The lowest BCUT2D eigenvalue weighted by atomic mass is 10.3. The fourth-order valence-electron chi connectivity index (χ4n) is 0.272. The fraction of sp³-hybridized carbons (Fsp3) is 0.667. The number of nitrogens with zero attached hydrogens (tertiary/aromatic N) is 1. The number of carbonyl (C=O) groups excluding carboxylic acids is 1. The van der Waals surface area contributed by atoms with Crippen LogP contribution in [0.5, 0.6) is 0 Å². The fourth-order valence-corrected chi connectivity index (χ4v) is 0.272. The van der Waals surface area contributed by atoms with Crippen LogP contribution in [0.1, 0.15) is 21.6 Å². The first-order valence-electron chi connectivity index (χ1n) is 3.27. The number of Topliss-reactive ketones (excluding diaryl/α,β-unsaturated/α-hetero) is 1. The number of carbonyl (C=O) groups is 1. The second-order valence-corrected chi connectivity index (χ2v) is 1.39. The first-order chi connectivity index (χ1) is 4.31. The van der Waals surface area contributed by atoms with E-state index in [1.807, 2.05) is 0 Å². The first-order valence-corrected chi connectivity index (χ1v) is 2.56. The summed E-state index contributed by atoms with van der Waals surface area (Å²) in [6, 6.07) is 0. The van der Waals surface area contributed by atoms with Gasteiger partial charge in [-0.15, -0.1) is 0 Å². The molecule has 0 saturated carbocycles. The Morgan fingerprint density at radius 2 is 2.75 bits per heavy atom. The van der Waals surface area contributed by atoms with Crippen LogP contribution in [-0.4, -0.2) is 18.5 Å². The third kappa shape index (κ3) is 3.53. The van der Waals surface area contributed by atoms with Gasteiger partial charge < -0.3 is 0 Å². The number of aliphatic imine (C=N–C) groups is 1. The molecule has 46 valence electrons. The van der Waals surface area contributed by atoms with Crippen molar-refractivity contribution >= 4 is 12.0 Å². The van der Waals surface area contributed by atoms with Crippen LogP contribution < -0.4 is 0 Å². The summed E-state index contributed by atoms with van der Waals surface area (Å²) in [5.74, 6) is 0.0445. The highest BCUT2D eigenvalue weighted by molar-refractivity contribution is 5.81. The predicted octanol–water partition coefficient (Wildman–Crippen LogP) is 1.06. The van der Waals surface area contributed by atoms with Crippen LogP contribution in [0, 0.1) is 0 Å². The van der Waals surface area contributed by atoms with Crippen molar-refractivity contribution in [3.8, 4) is 0 Å². The van der Waals surface area contributed by atoms with Crippen molar-refractivity contribution in [1.29, 1.82) is 0 Å². The van der Waals surface area contributed by atoms with Crippen LogP contribution in [0.4, 0.5) is 0 Å². The molecule has 0 atom stereocenters. The van der Waals surface area contributed by atoms with Crippen molar-refractivity contribution in [3.63, 3.8) is 0 Å². The molecule has 0 N–H and O–H groups in total. The van der Waals surface area contributed by atoms with Gasteiger partial charge in [0.1, 0.15) is 0 Å². The molecule has 2 heteroatoms. The zero-order valence-electron chi connectivity index (χ0n) is 6.05. The van der Waals surface area contributed by atoms with Gasteiger partial charge in [0.15, 0.2) is 5.78 Å². The van der Waals surface area contributed by atoms with Crippen LogP contribution in [-0.2, 0) is 4.79 Å². The molecule has 8 heavy (non-hydrogen) atoms. The molecule has 2 nitrogen and oxygen atoms in total. The SMILES string of the molecule is [3H]CCC(=O)CN=CC. The summed E-state index contributed by atoms with van der Waals surface area (Å²) in [7, 11) is 0. The largest absolute Gasteiger partial charge is 0.298 e. The van der Waals surface area contributed by atoms with Crippen molar-refractivity contribution < 1.29 is 6.17 Å². The Labute approximate surface area is 51.0 Å². The highest BCUT2D eigenvalue weighted by atomic mass is 16.1. The minimum absolute atomic E-state index is 0.0445. The Morgan fingerprint density at radius 1 is 2.00 bits per heavy atom. The summed E-state index contributed by atoms with van der Waals surface area (Å²) in [6.45, 7) is 2.20. The van der Waals surface area contributed by atoms with E-state index in [2.05, 4.69) is 4.99 Å². The smallest absolute Gasteiger partial charge is 0.153 e. The molecule has 0 aromatic rings. The molecular formula is C6H11NO. The minimum Gasteiger partial charge on any atom is -0.298 e. The van der Waals surface area contributed by atoms with Crippen LogP contribution in [0.15, 0.2) is 4.99 Å². The first kappa shape index (κ1) is 5.48. The van der Waals surface area contributed by atoms with Gasteiger partial charge in [-0.1, -0.05) is 6.90 Å². The highest BCUT2D eigenvalue weighted by Gasteiger charge is 1.90. The standard InChI is InChI=1S/C6H11NO/c1-3-6(8)5-7-4-2/h4H,3,5H2,1-2H3/i1T. The van der Waals surface area contributed by atoms with E-state index in [0.29, 0.717) is 6.42 Å². The van der Waals surface area contributed by atoms with Crippen molar-refractivity contribution in [2.24, 2.45) is 4.99 Å². The Hall–Kier alpha value is -0.660. The molecule has 0 aliphatic rings. The lowest BCUT2D eigenvalue weighted by Crippen LogP contribution is -1.98. The Balaban J connectivity index is 3.27. The molecule has 0 aromatic carbocycles. The molecule has 0 bridgehead atoms. The van der Waals surface area contributed by atoms with E-state index < -0.39 is 0 Å².